The summed E-state index contributed by atoms with van der Waals surface area (Å²) in [6.45, 7) is 1.18. The van der Waals surface area contributed by atoms with Gasteiger partial charge in [0, 0.05) is 26.2 Å². The number of aryl methyl sites for hydroxylation is 1. The minimum absolute atomic E-state index is 0.212. The molecule has 1 saturated heterocycles. The number of nitrogens with zero attached hydrogens (tertiary/aromatic N) is 5. The zero-order valence-electron chi connectivity index (χ0n) is 11.5. The Morgan fingerprint density at radius 2 is 2.25 bits per heavy atom. The van der Waals surface area contributed by atoms with E-state index in [4.69, 9.17) is 0 Å². The number of halogens is 1. The molecule has 1 atom stereocenters. The SMILES string of the molecule is Cn1nc(Br)c2c(N3CCCCC3CCO)ncnc21. The molecule has 108 valence electrons. The number of aliphatic hydroxyl groups excluding tert-OH is 1. The van der Waals surface area contributed by atoms with Gasteiger partial charge in [-0.3, -0.25) is 0 Å². The van der Waals surface area contributed by atoms with Crippen LogP contribution < -0.4 is 4.90 Å². The molecule has 3 heterocycles. The Kier molecular flexibility index (Phi) is 3.89. The predicted molar refractivity (Wildman–Crippen MR) is 80.7 cm³/mol. The second-order valence-corrected chi connectivity index (χ2v) is 5.92. The van der Waals surface area contributed by atoms with Crippen molar-refractivity contribution in [2.75, 3.05) is 18.1 Å². The Balaban J connectivity index is 2.08. The third kappa shape index (κ3) is 2.29. The molecule has 1 aliphatic rings. The van der Waals surface area contributed by atoms with Gasteiger partial charge in [-0.25, -0.2) is 14.6 Å². The van der Waals surface area contributed by atoms with Crippen LogP contribution >= 0.6 is 15.9 Å². The lowest BCUT2D eigenvalue weighted by Gasteiger charge is -2.36. The first-order chi connectivity index (χ1) is 9.72. The van der Waals surface area contributed by atoms with E-state index >= 15 is 0 Å². The topological polar surface area (TPSA) is 67.1 Å². The molecule has 0 saturated carbocycles. The zero-order valence-corrected chi connectivity index (χ0v) is 13.0. The fourth-order valence-electron chi connectivity index (χ4n) is 2.97. The van der Waals surface area contributed by atoms with Crippen molar-refractivity contribution >= 4 is 32.8 Å². The van der Waals surface area contributed by atoms with Crippen LogP contribution in [0.25, 0.3) is 11.0 Å². The summed E-state index contributed by atoms with van der Waals surface area (Å²) in [5.74, 6) is 0.924. The monoisotopic (exact) mass is 339 g/mol. The highest BCUT2D eigenvalue weighted by Crippen LogP contribution is 2.33. The van der Waals surface area contributed by atoms with Gasteiger partial charge in [0.2, 0.25) is 0 Å². The molecule has 6 nitrogen and oxygen atoms in total. The highest BCUT2D eigenvalue weighted by molar-refractivity contribution is 9.10. The summed E-state index contributed by atoms with van der Waals surface area (Å²) in [6.07, 6.45) is 5.85. The molecule has 0 amide bonds. The van der Waals surface area contributed by atoms with E-state index < -0.39 is 0 Å². The van der Waals surface area contributed by atoms with Crippen molar-refractivity contribution in [2.24, 2.45) is 7.05 Å². The van der Waals surface area contributed by atoms with Gasteiger partial charge in [-0.05, 0) is 41.6 Å². The highest BCUT2D eigenvalue weighted by atomic mass is 79.9. The van der Waals surface area contributed by atoms with Gasteiger partial charge < -0.3 is 10.0 Å². The maximum absolute atomic E-state index is 9.27. The summed E-state index contributed by atoms with van der Waals surface area (Å²) in [4.78, 5) is 11.1. The van der Waals surface area contributed by atoms with Gasteiger partial charge in [0.15, 0.2) is 5.65 Å². The van der Waals surface area contributed by atoms with Crippen molar-refractivity contribution in [3.05, 3.63) is 10.9 Å². The minimum atomic E-state index is 0.212. The van der Waals surface area contributed by atoms with E-state index in [1.165, 1.54) is 6.42 Å². The first-order valence-corrected chi connectivity index (χ1v) is 7.72. The van der Waals surface area contributed by atoms with E-state index in [2.05, 4.69) is 35.9 Å². The summed E-state index contributed by atoms with van der Waals surface area (Å²) in [7, 11) is 1.88. The highest BCUT2D eigenvalue weighted by Gasteiger charge is 2.26. The summed E-state index contributed by atoms with van der Waals surface area (Å²) in [6, 6.07) is 0.346. The number of rotatable bonds is 3. The van der Waals surface area contributed by atoms with Gasteiger partial charge in [0.25, 0.3) is 0 Å². The molecule has 1 N–H and O–H groups in total. The molecule has 1 aliphatic heterocycles. The average Bonchev–Trinajstić information content (AvgIpc) is 2.75. The summed E-state index contributed by atoms with van der Waals surface area (Å²) in [5.41, 5.74) is 0.829. The molecule has 1 fully saturated rings. The first-order valence-electron chi connectivity index (χ1n) is 6.93. The Morgan fingerprint density at radius 3 is 3.05 bits per heavy atom. The second kappa shape index (κ2) is 5.65. The number of piperidine rings is 1. The van der Waals surface area contributed by atoms with Crippen LogP contribution in [0.5, 0.6) is 0 Å². The Morgan fingerprint density at radius 1 is 1.40 bits per heavy atom. The molecule has 0 bridgehead atoms. The average molecular weight is 340 g/mol. The normalized spacial score (nSPS) is 19.8. The lowest BCUT2D eigenvalue weighted by atomic mass is 9.99. The molecule has 7 heteroatoms. The number of fused-ring (bicyclic) bond motifs is 1. The predicted octanol–water partition coefficient (Wildman–Crippen LogP) is 1.87. The van der Waals surface area contributed by atoms with E-state index in [9.17, 15) is 5.11 Å². The van der Waals surface area contributed by atoms with Gasteiger partial charge in [-0.15, -0.1) is 0 Å². The van der Waals surface area contributed by atoms with E-state index in [-0.39, 0.29) is 6.61 Å². The molecule has 1 unspecified atom stereocenters. The van der Waals surface area contributed by atoms with Crippen LogP contribution in [0.4, 0.5) is 5.82 Å². The van der Waals surface area contributed by atoms with Gasteiger partial charge in [-0.1, -0.05) is 0 Å². The molecular formula is C13H18BrN5O. The van der Waals surface area contributed by atoms with Crippen molar-refractivity contribution < 1.29 is 5.11 Å². The van der Waals surface area contributed by atoms with Gasteiger partial charge in [0.05, 0.1) is 5.39 Å². The third-order valence-electron chi connectivity index (χ3n) is 3.92. The summed E-state index contributed by atoms with van der Waals surface area (Å²) in [5, 5.41) is 14.6. The number of hydrogen-bond donors (Lipinski definition) is 1. The van der Waals surface area contributed by atoms with Crippen molar-refractivity contribution in [3.8, 4) is 0 Å². The summed E-state index contributed by atoms with van der Waals surface area (Å²) >= 11 is 3.51. The second-order valence-electron chi connectivity index (χ2n) is 5.17. The molecule has 0 radical (unpaired) electrons. The van der Waals surface area contributed by atoms with Crippen molar-refractivity contribution in [2.45, 2.75) is 31.7 Å². The van der Waals surface area contributed by atoms with Crippen molar-refractivity contribution in [1.29, 1.82) is 0 Å². The fraction of sp³-hybridized carbons (Fsp3) is 0.615. The molecule has 2 aromatic rings. The van der Waals surface area contributed by atoms with Gasteiger partial charge in [-0.2, -0.15) is 5.10 Å². The molecule has 0 aromatic carbocycles. The minimum Gasteiger partial charge on any atom is -0.396 e. The largest absolute Gasteiger partial charge is 0.396 e. The summed E-state index contributed by atoms with van der Waals surface area (Å²) < 4.78 is 2.54. The fourth-order valence-corrected chi connectivity index (χ4v) is 3.57. The van der Waals surface area contributed by atoms with Gasteiger partial charge >= 0.3 is 0 Å². The van der Waals surface area contributed by atoms with Crippen LogP contribution in [0.2, 0.25) is 0 Å². The number of hydrogen-bond acceptors (Lipinski definition) is 5. The smallest absolute Gasteiger partial charge is 0.164 e. The molecule has 0 spiro atoms. The van der Waals surface area contributed by atoms with Crippen molar-refractivity contribution in [3.63, 3.8) is 0 Å². The van der Waals surface area contributed by atoms with Crippen LogP contribution in [0.3, 0.4) is 0 Å². The Bertz CT molecular complexity index is 612. The lowest BCUT2D eigenvalue weighted by Crippen LogP contribution is -2.40. The molecule has 3 rings (SSSR count). The van der Waals surface area contributed by atoms with E-state index in [0.29, 0.717) is 6.04 Å². The molecular weight excluding hydrogens is 322 g/mol. The van der Waals surface area contributed by atoms with Gasteiger partial charge in [0.1, 0.15) is 16.7 Å². The zero-order chi connectivity index (χ0) is 14.1. The van der Waals surface area contributed by atoms with E-state index in [1.54, 1.807) is 11.0 Å². The van der Waals surface area contributed by atoms with Crippen molar-refractivity contribution in [1.82, 2.24) is 19.7 Å². The maximum Gasteiger partial charge on any atom is 0.164 e. The molecule has 0 aliphatic carbocycles. The van der Waals surface area contributed by atoms with Crippen LogP contribution in [-0.4, -0.2) is 44.0 Å². The van der Waals surface area contributed by atoms with E-state index in [0.717, 1.165) is 47.3 Å². The standard InChI is InChI=1S/C13H18BrN5O/c1-18-12-10(11(14)17-18)13(16-8-15-12)19-6-3-2-4-9(19)5-7-20/h8-9,20H,2-7H2,1H3. The van der Waals surface area contributed by atoms with Crippen LogP contribution in [0.1, 0.15) is 25.7 Å². The lowest BCUT2D eigenvalue weighted by molar-refractivity contribution is 0.262. The molecule has 2 aromatic heterocycles. The number of anilines is 1. The number of aliphatic hydroxyl groups is 1. The number of aromatic nitrogens is 4. The molecule has 20 heavy (non-hydrogen) atoms. The Hall–Kier alpha value is -1.21. The van der Waals surface area contributed by atoms with Crippen LogP contribution in [0, 0.1) is 0 Å². The third-order valence-corrected chi connectivity index (χ3v) is 4.47. The maximum atomic E-state index is 9.27. The first kappa shape index (κ1) is 13.8. The van der Waals surface area contributed by atoms with E-state index in [1.807, 2.05) is 7.05 Å². The van der Waals surface area contributed by atoms with Crippen LogP contribution in [-0.2, 0) is 7.05 Å². The quantitative estimate of drug-likeness (QED) is 0.924. The van der Waals surface area contributed by atoms with Crippen LogP contribution in [0.15, 0.2) is 10.9 Å². The Labute approximate surface area is 125 Å².